The fourth-order valence-electron chi connectivity index (χ4n) is 7.51. The Morgan fingerprint density at radius 3 is 2.57 bits per heavy atom. The second-order valence-corrected chi connectivity index (χ2v) is 9.81. The van der Waals surface area contributed by atoms with Crippen molar-refractivity contribution in [2.45, 2.75) is 90.6 Å². The van der Waals surface area contributed by atoms with Crippen LogP contribution in [0.2, 0.25) is 0 Å². The summed E-state index contributed by atoms with van der Waals surface area (Å²) >= 11 is 0. The van der Waals surface area contributed by atoms with Gasteiger partial charge in [-0.1, -0.05) is 25.5 Å². The number of aliphatic hydroxyl groups is 1. The third-order valence-electron chi connectivity index (χ3n) is 8.54. The molecule has 0 unspecified atom stereocenters. The zero-order valence-electron chi connectivity index (χ0n) is 15.5. The highest BCUT2D eigenvalue weighted by Gasteiger charge is 2.55. The maximum Gasteiger partial charge on any atom is 0.0622 e. The Kier molecular flexibility index (Phi) is 3.95. The summed E-state index contributed by atoms with van der Waals surface area (Å²) in [6.07, 6.45) is 15.7. The van der Waals surface area contributed by atoms with E-state index in [0.29, 0.717) is 5.41 Å². The molecule has 1 nitrogen and oxygen atoms in total. The molecule has 0 bridgehead atoms. The van der Waals surface area contributed by atoms with Gasteiger partial charge in [0.1, 0.15) is 0 Å². The second kappa shape index (κ2) is 5.61. The maximum atomic E-state index is 10.5. The predicted molar refractivity (Wildman–Crippen MR) is 96.1 cm³/mol. The van der Waals surface area contributed by atoms with Crippen molar-refractivity contribution in [2.75, 3.05) is 0 Å². The monoisotopic (exact) mass is 316 g/mol. The van der Waals surface area contributed by atoms with E-state index in [-0.39, 0.29) is 5.60 Å². The molecule has 0 aromatic rings. The van der Waals surface area contributed by atoms with E-state index >= 15 is 0 Å². The van der Waals surface area contributed by atoms with Crippen molar-refractivity contribution in [3.05, 3.63) is 11.6 Å². The molecule has 1 N–H and O–H groups in total. The molecule has 4 aliphatic rings. The fraction of sp³-hybridized carbons (Fsp3) is 0.909. The molecule has 4 saturated carbocycles. The largest absolute Gasteiger partial charge is 0.390 e. The van der Waals surface area contributed by atoms with Gasteiger partial charge < -0.3 is 5.11 Å². The van der Waals surface area contributed by atoms with Crippen LogP contribution in [0.4, 0.5) is 0 Å². The van der Waals surface area contributed by atoms with Crippen LogP contribution in [-0.2, 0) is 0 Å². The van der Waals surface area contributed by atoms with Gasteiger partial charge in [0.15, 0.2) is 0 Å². The first-order valence-electron chi connectivity index (χ1n) is 10.4. The number of hydrogen-bond donors (Lipinski definition) is 1. The van der Waals surface area contributed by atoms with E-state index in [9.17, 15) is 5.11 Å². The lowest BCUT2D eigenvalue weighted by atomic mass is 9.49. The molecule has 4 aliphatic carbocycles. The van der Waals surface area contributed by atoms with Gasteiger partial charge in [-0.05, 0) is 106 Å². The predicted octanol–water partition coefficient (Wildman–Crippen LogP) is 5.73. The number of allylic oxidation sites excluding steroid dienone is 2. The molecule has 7 atom stereocenters. The van der Waals surface area contributed by atoms with Crippen LogP contribution in [0.3, 0.4) is 0 Å². The summed E-state index contributed by atoms with van der Waals surface area (Å²) in [4.78, 5) is 0. The first-order valence-corrected chi connectivity index (χ1v) is 10.4. The molecule has 0 radical (unpaired) electrons. The van der Waals surface area contributed by atoms with Gasteiger partial charge in [0, 0.05) is 0 Å². The Morgan fingerprint density at radius 2 is 1.78 bits per heavy atom. The van der Waals surface area contributed by atoms with Crippen molar-refractivity contribution in [3.63, 3.8) is 0 Å². The van der Waals surface area contributed by atoms with Gasteiger partial charge >= 0.3 is 0 Å². The highest BCUT2D eigenvalue weighted by molar-refractivity contribution is 5.23. The SMILES string of the molecule is CC/C=C1/CC[C@H]2[C@@H]3CC[C@@H]4C[C@](C)(O)CC[C@@H]4[C@H]3CC[C@]12C. The van der Waals surface area contributed by atoms with Crippen LogP contribution in [0.25, 0.3) is 0 Å². The second-order valence-electron chi connectivity index (χ2n) is 9.81. The van der Waals surface area contributed by atoms with E-state index in [2.05, 4.69) is 26.8 Å². The van der Waals surface area contributed by atoms with Crippen LogP contribution in [0.15, 0.2) is 11.6 Å². The Morgan fingerprint density at radius 1 is 1.00 bits per heavy atom. The molecule has 0 saturated heterocycles. The zero-order chi connectivity index (χ0) is 16.2. The minimum Gasteiger partial charge on any atom is -0.390 e. The average molecular weight is 317 g/mol. The Hall–Kier alpha value is -0.300. The van der Waals surface area contributed by atoms with E-state index in [1.807, 2.05) is 0 Å². The quantitative estimate of drug-likeness (QED) is 0.613. The van der Waals surface area contributed by atoms with Crippen LogP contribution in [0.1, 0.15) is 85.0 Å². The molecule has 4 fully saturated rings. The summed E-state index contributed by atoms with van der Waals surface area (Å²) in [6.45, 7) is 6.97. The van der Waals surface area contributed by atoms with Crippen LogP contribution >= 0.6 is 0 Å². The molecule has 1 heteroatoms. The van der Waals surface area contributed by atoms with E-state index in [0.717, 1.165) is 42.4 Å². The summed E-state index contributed by atoms with van der Waals surface area (Å²) in [6, 6.07) is 0. The third-order valence-corrected chi connectivity index (χ3v) is 8.54. The fourth-order valence-corrected chi connectivity index (χ4v) is 7.51. The van der Waals surface area contributed by atoms with E-state index in [1.165, 1.54) is 51.4 Å². The number of rotatable bonds is 1. The van der Waals surface area contributed by atoms with Crippen molar-refractivity contribution in [3.8, 4) is 0 Å². The van der Waals surface area contributed by atoms with Gasteiger partial charge in [-0.25, -0.2) is 0 Å². The van der Waals surface area contributed by atoms with E-state index in [4.69, 9.17) is 0 Å². The highest BCUT2D eigenvalue weighted by atomic mass is 16.3. The van der Waals surface area contributed by atoms with Gasteiger partial charge in [-0.15, -0.1) is 0 Å². The average Bonchev–Trinajstić information content (AvgIpc) is 2.83. The molecular formula is C22H36O. The van der Waals surface area contributed by atoms with Crippen molar-refractivity contribution in [2.24, 2.45) is 35.0 Å². The van der Waals surface area contributed by atoms with Crippen molar-refractivity contribution in [1.29, 1.82) is 0 Å². The topological polar surface area (TPSA) is 20.2 Å². The summed E-state index contributed by atoms with van der Waals surface area (Å²) in [7, 11) is 0. The molecular weight excluding hydrogens is 280 g/mol. The number of hydrogen-bond acceptors (Lipinski definition) is 1. The molecule has 0 aliphatic heterocycles. The highest BCUT2D eigenvalue weighted by Crippen LogP contribution is 2.64. The summed E-state index contributed by atoms with van der Waals surface area (Å²) in [5.74, 6) is 4.67. The van der Waals surface area contributed by atoms with Crippen molar-refractivity contribution < 1.29 is 5.11 Å². The van der Waals surface area contributed by atoms with Crippen LogP contribution in [0.5, 0.6) is 0 Å². The molecule has 0 aromatic heterocycles. The van der Waals surface area contributed by atoms with Crippen molar-refractivity contribution in [1.82, 2.24) is 0 Å². The lowest BCUT2D eigenvalue weighted by molar-refractivity contribution is -0.0899. The first kappa shape index (κ1) is 16.2. The Balaban J connectivity index is 1.56. The molecule has 0 heterocycles. The summed E-state index contributed by atoms with van der Waals surface area (Å²) in [5.41, 5.74) is 1.96. The molecule has 23 heavy (non-hydrogen) atoms. The Bertz CT molecular complexity index is 490. The van der Waals surface area contributed by atoms with Gasteiger partial charge in [-0.2, -0.15) is 0 Å². The van der Waals surface area contributed by atoms with Crippen LogP contribution in [0, 0.1) is 35.0 Å². The van der Waals surface area contributed by atoms with Gasteiger partial charge in [-0.3, -0.25) is 0 Å². The minimum atomic E-state index is -0.373. The molecule has 4 rings (SSSR count). The normalized spacial score (nSPS) is 54.4. The molecule has 130 valence electrons. The number of fused-ring (bicyclic) bond motifs is 5. The van der Waals surface area contributed by atoms with Crippen LogP contribution < -0.4 is 0 Å². The zero-order valence-corrected chi connectivity index (χ0v) is 15.5. The minimum absolute atomic E-state index is 0.373. The lowest BCUT2D eigenvalue weighted by Gasteiger charge is -2.56. The third kappa shape index (κ3) is 2.53. The van der Waals surface area contributed by atoms with E-state index < -0.39 is 0 Å². The summed E-state index contributed by atoms with van der Waals surface area (Å²) in [5, 5.41) is 10.5. The van der Waals surface area contributed by atoms with Gasteiger partial charge in [0.05, 0.1) is 5.60 Å². The lowest BCUT2D eigenvalue weighted by Crippen LogP contribution is -2.49. The van der Waals surface area contributed by atoms with Gasteiger partial charge in [0.2, 0.25) is 0 Å². The van der Waals surface area contributed by atoms with Crippen LogP contribution in [-0.4, -0.2) is 10.7 Å². The van der Waals surface area contributed by atoms with Crippen molar-refractivity contribution >= 4 is 0 Å². The smallest absolute Gasteiger partial charge is 0.0622 e. The Labute approximate surface area is 142 Å². The molecule has 0 spiro atoms. The maximum absolute atomic E-state index is 10.5. The molecule has 0 aromatic carbocycles. The standard InChI is InChI=1S/C22H36O/c1-4-5-16-7-9-20-19-8-6-15-14-21(2,23)12-10-17(15)18(19)11-13-22(16,20)3/h5,15,17-20,23H,4,6-14H2,1-3H3/b16-5-/t15-,17+,18-,19-,20+,21-,22-/m1/s1. The summed E-state index contributed by atoms with van der Waals surface area (Å²) < 4.78 is 0. The van der Waals surface area contributed by atoms with Gasteiger partial charge in [0.25, 0.3) is 0 Å². The van der Waals surface area contributed by atoms with E-state index in [1.54, 1.807) is 5.57 Å². The molecule has 0 amide bonds. The first-order chi connectivity index (χ1) is 10.9.